The van der Waals surface area contributed by atoms with Gasteiger partial charge in [-0.25, -0.2) is 4.98 Å². The van der Waals surface area contributed by atoms with E-state index in [0.717, 1.165) is 12.1 Å². The fourth-order valence-electron chi connectivity index (χ4n) is 2.09. The standard InChI is InChI=1S/C14H20N4O/c1-10(2)18(8-7-15)9-13-16-12-6-4-3-5-11(12)14(19)17-13/h3-6,10H,7-9,15H2,1-2H3,(H,16,17,19). The minimum atomic E-state index is -0.0861. The molecule has 0 aliphatic carbocycles. The van der Waals surface area contributed by atoms with Gasteiger partial charge in [-0.15, -0.1) is 0 Å². The topological polar surface area (TPSA) is 75.0 Å². The third-order valence-corrected chi connectivity index (χ3v) is 3.16. The second-order valence-corrected chi connectivity index (χ2v) is 4.88. The minimum Gasteiger partial charge on any atom is -0.329 e. The molecule has 0 radical (unpaired) electrons. The molecule has 1 heterocycles. The first-order valence-electron chi connectivity index (χ1n) is 6.54. The Balaban J connectivity index is 2.32. The van der Waals surface area contributed by atoms with Crippen molar-refractivity contribution in [3.63, 3.8) is 0 Å². The van der Waals surface area contributed by atoms with Crippen LogP contribution in [-0.2, 0) is 6.54 Å². The van der Waals surface area contributed by atoms with E-state index in [4.69, 9.17) is 5.73 Å². The van der Waals surface area contributed by atoms with Crippen molar-refractivity contribution in [3.05, 3.63) is 40.4 Å². The second-order valence-electron chi connectivity index (χ2n) is 4.88. The molecule has 1 aromatic heterocycles. The zero-order chi connectivity index (χ0) is 13.8. The maximum atomic E-state index is 12.0. The Labute approximate surface area is 112 Å². The predicted octanol–water partition coefficient (Wildman–Crippen LogP) is 1.09. The van der Waals surface area contributed by atoms with E-state index in [2.05, 4.69) is 28.7 Å². The van der Waals surface area contributed by atoms with E-state index in [9.17, 15) is 4.79 Å². The molecule has 0 saturated heterocycles. The lowest BCUT2D eigenvalue weighted by molar-refractivity contribution is 0.214. The van der Waals surface area contributed by atoms with Gasteiger partial charge in [-0.05, 0) is 26.0 Å². The number of aromatic nitrogens is 2. The highest BCUT2D eigenvalue weighted by molar-refractivity contribution is 5.77. The molecule has 0 aliphatic rings. The summed E-state index contributed by atoms with van der Waals surface area (Å²) in [4.78, 5) is 21.5. The number of aromatic amines is 1. The molecule has 0 saturated carbocycles. The molecule has 0 aliphatic heterocycles. The highest BCUT2D eigenvalue weighted by Crippen LogP contribution is 2.08. The number of para-hydroxylation sites is 1. The number of nitrogens with zero attached hydrogens (tertiary/aromatic N) is 2. The molecular formula is C14H20N4O. The molecule has 0 fully saturated rings. The van der Waals surface area contributed by atoms with E-state index >= 15 is 0 Å². The van der Waals surface area contributed by atoms with Gasteiger partial charge in [-0.3, -0.25) is 9.69 Å². The summed E-state index contributed by atoms with van der Waals surface area (Å²) in [6, 6.07) is 7.73. The Morgan fingerprint density at radius 1 is 1.37 bits per heavy atom. The first-order valence-corrected chi connectivity index (χ1v) is 6.54. The number of fused-ring (bicyclic) bond motifs is 1. The summed E-state index contributed by atoms with van der Waals surface area (Å²) in [6.07, 6.45) is 0. The number of nitrogens with one attached hydrogen (secondary N) is 1. The van der Waals surface area contributed by atoms with Crippen LogP contribution in [0.1, 0.15) is 19.7 Å². The third-order valence-electron chi connectivity index (χ3n) is 3.16. The number of rotatable bonds is 5. The second kappa shape index (κ2) is 5.95. The molecule has 0 spiro atoms. The van der Waals surface area contributed by atoms with Crippen LogP contribution in [0, 0.1) is 0 Å². The Morgan fingerprint density at radius 3 is 2.79 bits per heavy atom. The Kier molecular flexibility index (Phi) is 4.29. The fraction of sp³-hybridized carbons (Fsp3) is 0.429. The van der Waals surface area contributed by atoms with Crippen molar-refractivity contribution in [1.82, 2.24) is 14.9 Å². The normalized spacial score (nSPS) is 11.6. The van der Waals surface area contributed by atoms with E-state index in [-0.39, 0.29) is 5.56 Å². The van der Waals surface area contributed by atoms with Gasteiger partial charge in [0.25, 0.3) is 5.56 Å². The van der Waals surface area contributed by atoms with Gasteiger partial charge in [-0.2, -0.15) is 0 Å². The molecule has 0 amide bonds. The molecule has 3 N–H and O–H groups in total. The molecule has 102 valence electrons. The number of benzene rings is 1. The molecule has 2 aromatic rings. The van der Waals surface area contributed by atoms with Gasteiger partial charge in [0, 0.05) is 19.1 Å². The van der Waals surface area contributed by atoms with Gasteiger partial charge in [0.05, 0.1) is 17.4 Å². The average Bonchev–Trinajstić information content (AvgIpc) is 2.38. The third kappa shape index (κ3) is 3.19. The summed E-state index contributed by atoms with van der Waals surface area (Å²) in [5, 5.41) is 0.626. The van der Waals surface area contributed by atoms with Crippen molar-refractivity contribution in [2.24, 2.45) is 5.73 Å². The van der Waals surface area contributed by atoms with Gasteiger partial charge in [-0.1, -0.05) is 12.1 Å². The van der Waals surface area contributed by atoms with Gasteiger partial charge < -0.3 is 10.7 Å². The number of hydrogen-bond acceptors (Lipinski definition) is 4. The molecule has 5 nitrogen and oxygen atoms in total. The van der Waals surface area contributed by atoms with Crippen LogP contribution < -0.4 is 11.3 Å². The summed E-state index contributed by atoms with van der Waals surface area (Å²) in [7, 11) is 0. The van der Waals surface area contributed by atoms with Crippen LogP contribution in [0.3, 0.4) is 0 Å². The first kappa shape index (κ1) is 13.7. The molecule has 0 atom stereocenters. The Morgan fingerprint density at radius 2 is 2.11 bits per heavy atom. The largest absolute Gasteiger partial charge is 0.329 e. The van der Waals surface area contributed by atoms with Crippen LogP contribution in [0.25, 0.3) is 10.9 Å². The molecule has 5 heteroatoms. The summed E-state index contributed by atoms with van der Waals surface area (Å²) in [5.41, 5.74) is 6.26. The van der Waals surface area contributed by atoms with Crippen LogP contribution in [0.5, 0.6) is 0 Å². The van der Waals surface area contributed by atoms with E-state index < -0.39 is 0 Å². The molecule has 2 rings (SSSR count). The maximum Gasteiger partial charge on any atom is 0.258 e. The van der Waals surface area contributed by atoms with Gasteiger partial charge in [0.15, 0.2) is 0 Å². The van der Waals surface area contributed by atoms with Crippen molar-refractivity contribution in [2.75, 3.05) is 13.1 Å². The Bertz CT molecular complexity index is 606. The van der Waals surface area contributed by atoms with Gasteiger partial charge in [0.2, 0.25) is 0 Å². The number of hydrogen-bond donors (Lipinski definition) is 2. The fourth-order valence-corrected chi connectivity index (χ4v) is 2.09. The van der Waals surface area contributed by atoms with Crippen molar-refractivity contribution in [1.29, 1.82) is 0 Å². The lowest BCUT2D eigenvalue weighted by Gasteiger charge is -2.25. The highest BCUT2D eigenvalue weighted by Gasteiger charge is 2.11. The minimum absolute atomic E-state index is 0.0861. The lowest BCUT2D eigenvalue weighted by Crippen LogP contribution is -2.35. The van der Waals surface area contributed by atoms with Crippen LogP contribution in [0.15, 0.2) is 29.1 Å². The van der Waals surface area contributed by atoms with E-state index in [0.29, 0.717) is 30.3 Å². The SMILES string of the molecule is CC(C)N(CCN)Cc1nc2ccccc2c(=O)[nH]1. The number of nitrogens with two attached hydrogens (primary N) is 1. The zero-order valence-corrected chi connectivity index (χ0v) is 11.4. The zero-order valence-electron chi connectivity index (χ0n) is 11.4. The van der Waals surface area contributed by atoms with Crippen LogP contribution >= 0.6 is 0 Å². The quantitative estimate of drug-likeness (QED) is 0.844. The van der Waals surface area contributed by atoms with Crippen LogP contribution in [0.4, 0.5) is 0 Å². The van der Waals surface area contributed by atoms with E-state index in [1.165, 1.54) is 0 Å². The molecule has 0 unspecified atom stereocenters. The van der Waals surface area contributed by atoms with Crippen LogP contribution in [-0.4, -0.2) is 34.0 Å². The van der Waals surface area contributed by atoms with Crippen molar-refractivity contribution < 1.29 is 0 Å². The lowest BCUT2D eigenvalue weighted by atomic mass is 10.2. The predicted molar refractivity (Wildman–Crippen MR) is 77.0 cm³/mol. The summed E-state index contributed by atoms with van der Waals surface area (Å²) in [6.45, 7) is 6.20. The monoisotopic (exact) mass is 260 g/mol. The summed E-state index contributed by atoms with van der Waals surface area (Å²) in [5.74, 6) is 0.686. The summed E-state index contributed by atoms with van der Waals surface area (Å²) >= 11 is 0. The van der Waals surface area contributed by atoms with Crippen molar-refractivity contribution in [2.45, 2.75) is 26.4 Å². The number of H-pyrrole nitrogens is 1. The molecule has 19 heavy (non-hydrogen) atoms. The van der Waals surface area contributed by atoms with Crippen LogP contribution in [0.2, 0.25) is 0 Å². The first-order chi connectivity index (χ1) is 9.11. The summed E-state index contributed by atoms with van der Waals surface area (Å²) < 4.78 is 0. The van der Waals surface area contributed by atoms with Gasteiger partial charge >= 0.3 is 0 Å². The van der Waals surface area contributed by atoms with E-state index in [1.54, 1.807) is 6.07 Å². The smallest absolute Gasteiger partial charge is 0.258 e. The van der Waals surface area contributed by atoms with E-state index in [1.807, 2.05) is 18.2 Å². The molecule has 0 bridgehead atoms. The van der Waals surface area contributed by atoms with Crippen molar-refractivity contribution >= 4 is 10.9 Å². The molecule has 1 aromatic carbocycles. The Hall–Kier alpha value is -1.72. The maximum absolute atomic E-state index is 12.0. The van der Waals surface area contributed by atoms with Crippen molar-refractivity contribution in [3.8, 4) is 0 Å². The highest BCUT2D eigenvalue weighted by atomic mass is 16.1. The molecular weight excluding hydrogens is 240 g/mol. The van der Waals surface area contributed by atoms with Gasteiger partial charge in [0.1, 0.15) is 5.82 Å². The average molecular weight is 260 g/mol.